The summed E-state index contributed by atoms with van der Waals surface area (Å²) in [6.07, 6.45) is 2.01. The Morgan fingerprint density at radius 1 is 1.28 bits per heavy atom. The maximum absolute atomic E-state index is 12.9. The van der Waals surface area contributed by atoms with Gasteiger partial charge in [-0.3, -0.25) is 4.79 Å². The van der Waals surface area contributed by atoms with Crippen LogP contribution in [-0.4, -0.2) is 39.9 Å². The molecule has 0 radical (unpaired) electrons. The Balaban J connectivity index is 1.74. The number of rotatable bonds is 6. The number of fused-ring (bicyclic) bond motifs is 2. The first-order chi connectivity index (χ1) is 15.2. The molecule has 7 heteroatoms. The van der Waals surface area contributed by atoms with Crippen molar-refractivity contribution in [2.24, 2.45) is 16.7 Å². The Morgan fingerprint density at radius 3 is 2.66 bits per heavy atom. The molecule has 0 unspecified atom stereocenters. The highest BCUT2D eigenvalue weighted by Gasteiger charge is 2.59. The Kier molecular flexibility index (Phi) is 6.36. The summed E-state index contributed by atoms with van der Waals surface area (Å²) in [6.45, 7) is 8.11. The summed E-state index contributed by atoms with van der Waals surface area (Å²) in [5.74, 6) is 0.0364. The zero-order valence-electron chi connectivity index (χ0n) is 19.4. The standard InChI is InChI=1S/C25H35N3O3S/c1-15(2)26-21(31)12-17-22-18(32-23(28-22)27-16-8-6-5-7-9-16)13-19-24(17,3)11-10-20(30)25(19,4)14-29/h5-9,15,17,19-20,29-30H,10-14H2,1-4H3,(H,26,31)(H,27,28)/t17-,19+,20-,24+,25+/m1/s1. The minimum Gasteiger partial charge on any atom is -0.396 e. The van der Waals surface area contributed by atoms with Crippen molar-refractivity contribution in [1.82, 2.24) is 10.3 Å². The van der Waals surface area contributed by atoms with Gasteiger partial charge in [-0.05, 0) is 56.6 Å². The molecule has 1 heterocycles. The summed E-state index contributed by atoms with van der Waals surface area (Å²) in [4.78, 5) is 19.0. The van der Waals surface area contributed by atoms with E-state index in [1.165, 1.54) is 0 Å². The van der Waals surface area contributed by atoms with Crippen LogP contribution in [0.2, 0.25) is 0 Å². The molecule has 4 rings (SSSR count). The molecule has 2 aliphatic carbocycles. The molecule has 2 aliphatic rings. The van der Waals surface area contributed by atoms with Crippen molar-refractivity contribution in [3.63, 3.8) is 0 Å². The van der Waals surface area contributed by atoms with Gasteiger partial charge in [-0.15, -0.1) is 11.3 Å². The predicted molar refractivity (Wildman–Crippen MR) is 128 cm³/mol. The number of carbonyl (C=O) groups excluding carboxylic acids is 1. The monoisotopic (exact) mass is 457 g/mol. The van der Waals surface area contributed by atoms with Gasteiger partial charge in [-0.1, -0.05) is 32.0 Å². The normalized spacial score (nSPS) is 31.7. The molecule has 1 saturated carbocycles. The number of hydrogen-bond donors (Lipinski definition) is 4. The molecule has 0 bridgehead atoms. The average Bonchev–Trinajstić information content (AvgIpc) is 3.15. The van der Waals surface area contributed by atoms with Gasteiger partial charge in [0.2, 0.25) is 5.91 Å². The van der Waals surface area contributed by atoms with Crippen molar-refractivity contribution in [2.45, 2.75) is 71.4 Å². The number of nitrogens with one attached hydrogen (secondary N) is 2. The van der Waals surface area contributed by atoms with E-state index in [-0.39, 0.29) is 35.8 Å². The van der Waals surface area contributed by atoms with Crippen LogP contribution in [0.1, 0.15) is 63.4 Å². The van der Waals surface area contributed by atoms with Crippen LogP contribution in [0.4, 0.5) is 10.8 Å². The Bertz CT molecular complexity index is 963. The second-order valence-corrected chi connectivity index (χ2v) is 11.4. The van der Waals surface area contributed by atoms with Crippen LogP contribution in [0, 0.1) is 16.7 Å². The molecule has 1 aromatic carbocycles. The van der Waals surface area contributed by atoms with Crippen molar-refractivity contribution < 1.29 is 15.0 Å². The van der Waals surface area contributed by atoms with Crippen LogP contribution in [0.3, 0.4) is 0 Å². The average molecular weight is 458 g/mol. The molecule has 5 atom stereocenters. The van der Waals surface area contributed by atoms with Gasteiger partial charge in [0, 0.05) is 34.4 Å². The topological polar surface area (TPSA) is 94.5 Å². The van der Waals surface area contributed by atoms with Crippen LogP contribution in [0.5, 0.6) is 0 Å². The summed E-state index contributed by atoms with van der Waals surface area (Å²) >= 11 is 1.62. The van der Waals surface area contributed by atoms with E-state index in [1.54, 1.807) is 11.3 Å². The summed E-state index contributed by atoms with van der Waals surface area (Å²) < 4.78 is 0. The van der Waals surface area contributed by atoms with Crippen molar-refractivity contribution in [2.75, 3.05) is 11.9 Å². The second kappa shape index (κ2) is 8.76. The first kappa shape index (κ1) is 23.2. The SMILES string of the molecule is CC(C)NC(=O)C[C@@H]1c2nc(Nc3ccccc3)sc2C[C@@H]2[C@](C)(CO)[C@H](O)CC[C@]21C. The van der Waals surface area contributed by atoms with Gasteiger partial charge in [-0.25, -0.2) is 4.98 Å². The van der Waals surface area contributed by atoms with E-state index in [0.717, 1.165) is 34.2 Å². The number of aliphatic hydroxyl groups is 2. The number of amides is 1. The number of anilines is 2. The summed E-state index contributed by atoms with van der Waals surface area (Å²) in [5, 5.41) is 28.5. The number of carbonyl (C=O) groups is 1. The van der Waals surface area contributed by atoms with Gasteiger partial charge in [0.1, 0.15) is 0 Å². The number of thiazole rings is 1. The molecule has 2 aromatic rings. The Labute approximate surface area is 194 Å². The zero-order valence-corrected chi connectivity index (χ0v) is 20.2. The number of hydrogen-bond acceptors (Lipinski definition) is 6. The quantitative estimate of drug-likeness (QED) is 0.521. The van der Waals surface area contributed by atoms with Gasteiger partial charge in [0.05, 0.1) is 18.4 Å². The predicted octanol–water partition coefficient (Wildman–Crippen LogP) is 4.22. The number of nitrogens with zero attached hydrogens (tertiary/aromatic N) is 1. The molecule has 4 N–H and O–H groups in total. The van der Waals surface area contributed by atoms with Crippen LogP contribution < -0.4 is 10.6 Å². The molecular formula is C25H35N3O3S. The molecule has 1 aromatic heterocycles. The molecule has 32 heavy (non-hydrogen) atoms. The minimum absolute atomic E-state index is 0.0280. The highest BCUT2D eigenvalue weighted by molar-refractivity contribution is 7.15. The highest BCUT2D eigenvalue weighted by Crippen LogP contribution is 2.62. The fourth-order valence-electron chi connectivity index (χ4n) is 5.91. The molecule has 0 spiro atoms. The fourth-order valence-corrected chi connectivity index (χ4v) is 7.00. The molecule has 6 nitrogen and oxygen atoms in total. The molecular weight excluding hydrogens is 422 g/mol. The largest absolute Gasteiger partial charge is 0.396 e. The first-order valence-electron chi connectivity index (χ1n) is 11.6. The summed E-state index contributed by atoms with van der Waals surface area (Å²) in [7, 11) is 0. The van der Waals surface area contributed by atoms with Gasteiger partial charge in [0.25, 0.3) is 0 Å². The zero-order chi connectivity index (χ0) is 23.1. The smallest absolute Gasteiger partial charge is 0.220 e. The van der Waals surface area contributed by atoms with Crippen LogP contribution in [-0.2, 0) is 11.2 Å². The summed E-state index contributed by atoms with van der Waals surface area (Å²) in [5.41, 5.74) is 1.15. The van der Waals surface area contributed by atoms with E-state index in [4.69, 9.17) is 4.98 Å². The maximum atomic E-state index is 12.9. The Morgan fingerprint density at radius 2 is 2.00 bits per heavy atom. The van der Waals surface area contributed by atoms with Gasteiger partial charge < -0.3 is 20.8 Å². The van der Waals surface area contributed by atoms with Gasteiger partial charge in [-0.2, -0.15) is 0 Å². The number of benzene rings is 1. The van der Waals surface area contributed by atoms with E-state index >= 15 is 0 Å². The Hall–Kier alpha value is -1.96. The van der Waals surface area contributed by atoms with Crippen LogP contribution in [0.25, 0.3) is 0 Å². The first-order valence-corrected chi connectivity index (χ1v) is 12.4. The lowest BCUT2D eigenvalue weighted by atomic mass is 9.47. The number of para-hydroxylation sites is 1. The number of aromatic nitrogens is 1. The van der Waals surface area contributed by atoms with Gasteiger partial charge >= 0.3 is 0 Å². The molecule has 1 amide bonds. The maximum Gasteiger partial charge on any atom is 0.220 e. The lowest BCUT2D eigenvalue weighted by molar-refractivity contribution is -0.144. The lowest BCUT2D eigenvalue weighted by Crippen LogP contribution is -2.57. The van der Waals surface area contributed by atoms with E-state index in [0.29, 0.717) is 12.8 Å². The third kappa shape index (κ3) is 4.06. The van der Waals surface area contributed by atoms with Crippen molar-refractivity contribution in [3.8, 4) is 0 Å². The van der Waals surface area contributed by atoms with Crippen molar-refractivity contribution >= 4 is 28.1 Å². The van der Waals surface area contributed by atoms with Gasteiger partial charge in [0.15, 0.2) is 5.13 Å². The second-order valence-electron chi connectivity index (χ2n) is 10.3. The molecule has 174 valence electrons. The highest BCUT2D eigenvalue weighted by atomic mass is 32.1. The van der Waals surface area contributed by atoms with E-state index in [9.17, 15) is 15.0 Å². The van der Waals surface area contributed by atoms with E-state index in [2.05, 4.69) is 17.6 Å². The van der Waals surface area contributed by atoms with Crippen LogP contribution >= 0.6 is 11.3 Å². The molecule has 0 saturated heterocycles. The minimum atomic E-state index is -0.603. The molecule has 1 fully saturated rings. The third-order valence-electron chi connectivity index (χ3n) is 7.76. The third-order valence-corrected chi connectivity index (χ3v) is 8.77. The van der Waals surface area contributed by atoms with Crippen molar-refractivity contribution in [1.29, 1.82) is 0 Å². The van der Waals surface area contributed by atoms with Crippen LogP contribution in [0.15, 0.2) is 30.3 Å². The lowest BCUT2D eigenvalue weighted by Gasteiger charge is -2.58. The summed E-state index contributed by atoms with van der Waals surface area (Å²) in [6, 6.07) is 10.0. The van der Waals surface area contributed by atoms with Crippen molar-refractivity contribution in [3.05, 3.63) is 40.9 Å². The van der Waals surface area contributed by atoms with E-state index in [1.807, 2.05) is 51.1 Å². The van der Waals surface area contributed by atoms with E-state index < -0.39 is 11.5 Å². The fraction of sp³-hybridized carbons (Fsp3) is 0.600. The number of aliphatic hydroxyl groups excluding tert-OH is 2. The molecule has 0 aliphatic heterocycles.